The number of anilines is 1. The molecule has 9 aromatic rings. The first-order valence-corrected chi connectivity index (χ1v) is 16.6. The molecule has 48 heavy (non-hydrogen) atoms. The van der Waals surface area contributed by atoms with Gasteiger partial charge in [0.1, 0.15) is 0 Å². The lowest BCUT2D eigenvalue weighted by atomic mass is 9.89. The minimum absolute atomic E-state index is 0.117. The van der Waals surface area contributed by atoms with Crippen LogP contribution in [-0.2, 0) is 0 Å². The van der Waals surface area contributed by atoms with Gasteiger partial charge >= 0.3 is 0 Å². The van der Waals surface area contributed by atoms with Gasteiger partial charge in [0, 0.05) is 10.9 Å². The highest BCUT2D eigenvalue weighted by atomic mass is 14.9. The number of benzene rings is 8. The summed E-state index contributed by atoms with van der Waals surface area (Å²) < 4.78 is 0. The Kier molecular flexibility index (Phi) is 5.97. The molecule has 0 fully saturated rings. The Hall–Kier alpha value is -6.25. The van der Waals surface area contributed by atoms with Crippen molar-refractivity contribution >= 4 is 55.0 Å². The lowest BCUT2D eigenvalue weighted by Crippen LogP contribution is -2.12. The van der Waals surface area contributed by atoms with Crippen LogP contribution in [0, 0.1) is 0 Å². The van der Waals surface area contributed by atoms with Gasteiger partial charge in [-0.2, -0.15) is 0 Å². The van der Waals surface area contributed by atoms with Crippen LogP contribution in [0.5, 0.6) is 0 Å². The van der Waals surface area contributed by atoms with Crippen molar-refractivity contribution in [1.29, 1.82) is 0 Å². The molecule has 1 N–H and O–H groups in total. The molecule has 2 heterocycles. The molecule has 2 heteroatoms. The standard InChI is InChI=1S/C46H30N2/c1-2-6-30(7-3-1)41-26-22-35-18-19-36-23-27-42(48-46(36)45(35)47-41)31-14-12-29(13-15-31)37-10-5-11-38(28-37)39-24-20-34-17-16-32-8-4-9-33-21-25-40(39)44(34)43(32)33/h1-28,41,47H. The topological polar surface area (TPSA) is 24.9 Å². The molecule has 2 nitrogen and oxygen atoms in total. The maximum atomic E-state index is 5.21. The maximum absolute atomic E-state index is 5.21. The fourth-order valence-electron chi connectivity index (χ4n) is 7.60. The summed E-state index contributed by atoms with van der Waals surface area (Å²) in [7, 11) is 0. The zero-order valence-corrected chi connectivity index (χ0v) is 26.2. The van der Waals surface area contributed by atoms with Crippen LogP contribution >= 0.6 is 0 Å². The van der Waals surface area contributed by atoms with Gasteiger partial charge in [-0.25, -0.2) is 4.98 Å². The summed E-state index contributed by atoms with van der Waals surface area (Å²) in [6.07, 6.45) is 4.44. The van der Waals surface area contributed by atoms with Crippen LogP contribution in [0.25, 0.3) is 82.8 Å². The summed E-state index contributed by atoms with van der Waals surface area (Å²) in [6, 6.07) is 57.3. The van der Waals surface area contributed by atoms with E-state index in [9.17, 15) is 0 Å². The summed E-state index contributed by atoms with van der Waals surface area (Å²) in [5.74, 6) is 0. The highest BCUT2D eigenvalue weighted by molar-refractivity contribution is 6.25. The second-order valence-electron chi connectivity index (χ2n) is 12.8. The van der Waals surface area contributed by atoms with Gasteiger partial charge in [0.25, 0.3) is 0 Å². The summed E-state index contributed by atoms with van der Waals surface area (Å²) in [5, 5.41) is 12.8. The first kappa shape index (κ1) is 26.9. The van der Waals surface area contributed by atoms with Crippen LogP contribution in [0.2, 0.25) is 0 Å². The van der Waals surface area contributed by atoms with Crippen molar-refractivity contribution in [3.8, 4) is 33.5 Å². The molecule has 0 amide bonds. The third-order valence-electron chi connectivity index (χ3n) is 10.0. The van der Waals surface area contributed by atoms with Crippen molar-refractivity contribution in [1.82, 2.24) is 4.98 Å². The number of rotatable bonds is 4. The second kappa shape index (κ2) is 10.7. The monoisotopic (exact) mass is 610 g/mol. The Bertz CT molecular complexity index is 2670. The lowest BCUT2D eigenvalue weighted by molar-refractivity contribution is 0.981. The van der Waals surface area contributed by atoms with E-state index in [2.05, 4.69) is 175 Å². The Balaban J connectivity index is 0.997. The molecule has 1 aliphatic rings. The van der Waals surface area contributed by atoms with Gasteiger partial charge in [0.2, 0.25) is 0 Å². The minimum atomic E-state index is 0.117. The zero-order chi connectivity index (χ0) is 31.6. The smallest absolute Gasteiger partial charge is 0.0947 e. The fourth-order valence-corrected chi connectivity index (χ4v) is 7.60. The van der Waals surface area contributed by atoms with E-state index < -0.39 is 0 Å². The summed E-state index contributed by atoms with van der Waals surface area (Å²) in [6.45, 7) is 0. The molecule has 8 aromatic carbocycles. The Morgan fingerprint density at radius 1 is 0.479 bits per heavy atom. The van der Waals surface area contributed by atoms with Crippen molar-refractivity contribution in [2.24, 2.45) is 0 Å². The highest BCUT2D eigenvalue weighted by Gasteiger charge is 2.18. The average molecular weight is 611 g/mol. The highest BCUT2D eigenvalue weighted by Crippen LogP contribution is 2.40. The number of nitrogens with zero attached hydrogens (tertiary/aromatic N) is 1. The molecule has 10 rings (SSSR count). The maximum Gasteiger partial charge on any atom is 0.0947 e. The van der Waals surface area contributed by atoms with Crippen LogP contribution in [0.1, 0.15) is 17.2 Å². The lowest BCUT2D eigenvalue weighted by Gasteiger charge is -2.24. The van der Waals surface area contributed by atoms with Crippen LogP contribution < -0.4 is 5.32 Å². The molecule has 0 radical (unpaired) electrons. The first-order chi connectivity index (χ1) is 23.8. The van der Waals surface area contributed by atoms with Gasteiger partial charge in [0.05, 0.1) is 22.9 Å². The molecule has 1 atom stereocenters. The first-order valence-electron chi connectivity index (χ1n) is 16.6. The summed E-state index contributed by atoms with van der Waals surface area (Å²) in [5.41, 5.74) is 11.5. The minimum Gasteiger partial charge on any atom is -0.372 e. The predicted octanol–water partition coefficient (Wildman–Crippen LogP) is 12.3. The van der Waals surface area contributed by atoms with E-state index in [4.69, 9.17) is 4.98 Å². The van der Waals surface area contributed by atoms with Crippen molar-refractivity contribution in [2.45, 2.75) is 6.04 Å². The van der Waals surface area contributed by atoms with Gasteiger partial charge in [-0.1, -0.05) is 158 Å². The quantitative estimate of drug-likeness (QED) is 0.201. The van der Waals surface area contributed by atoms with E-state index in [1.165, 1.54) is 65.7 Å². The molecule has 0 bridgehead atoms. The number of pyridine rings is 1. The van der Waals surface area contributed by atoms with Crippen LogP contribution in [0.15, 0.2) is 164 Å². The van der Waals surface area contributed by atoms with E-state index in [1.54, 1.807) is 0 Å². The van der Waals surface area contributed by atoms with Crippen molar-refractivity contribution in [3.05, 3.63) is 175 Å². The van der Waals surface area contributed by atoms with Gasteiger partial charge in [-0.15, -0.1) is 0 Å². The SMILES string of the molecule is C1=CC(c2ccccc2)Nc2c1ccc1ccc(-c3ccc(-c4cccc(-c5ccc6ccc7cccc8ccc5c6c78)c4)cc3)nc21. The van der Waals surface area contributed by atoms with Crippen molar-refractivity contribution < 1.29 is 0 Å². The van der Waals surface area contributed by atoms with Gasteiger partial charge in [0.15, 0.2) is 0 Å². The molecule has 0 saturated carbocycles. The van der Waals surface area contributed by atoms with E-state index in [-0.39, 0.29) is 6.04 Å². The van der Waals surface area contributed by atoms with Gasteiger partial charge in [-0.3, -0.25) is 0 Å². The largest absolute Gasteiger partial charge is 0.372 e. The van der Waals surface area contributed by atoms with Crippen molar-refractivity contribution in [3.63, 3.8) is 0 Å². The van der Waals surface area contributed by atoms with E-state index in [0.717, 1.165) is 27.8 Å². The van der Waals surface area contributed by atoms with E-state index >= 15 is 0 Å². The summed E-state index contributed by atoms with van der Waals surface area (Å²) in [4.78, 5) is 5.21. The number of fused-ring (bicyclic) bond motifs is 3. The van der Waals surface area contributed by atoms with Crippen LogP contribution in [0.3, 0.4) is 0 Å². The third-order valence-corrected chi connectivity index (χ3v) is 10.0. The third kappa shape index (κ3) is 4.30. The van der Waals surface area contributed by atoms with Crippen LogP contribution in [0.4, 0.5) is 5.69 Å². The molecule has 0 saturated heterocycles. The number of hydrogen-bond acceptors (Lipinski definition) is 2. The average Bonchev–Trinajstić information content (AvgIpc) is 3.17. The summed E-state index contributed by atoms with van der Waals surface area (Å²) >= 11 is 0. The molecule has 1 aliphatic heterocycles. The normalized spacial score (nSPS) is 14.1. The van der Waals surface area contributed by atoms with Crippen molar-refractivity contribution in [2.75, 3.05) is 5.32 Å². The van der Waals surface area contributed by atoms with E-state index in [1.807, 2.05) is 0 Å². The van der Waals surface area contributed by atoms with Gasteiger partial charge in [-0.05, 0) is 77.8 Å². The molecule has 0 spiro atoms. The number of nitrogens with one attached hydrogen (secondary N) is 1. The fraction of sp³-hybridized carbons (Fsp3) is 0.0217. The van der Waals surface area contributed by atoms with E-state index in [0.29, 0.717) is 0 Å². The van der Waals surface area contributed by atoms with Crippen LogP contribution in [-0.4, -0.2) is 4.98 Å². The molecular weight excluding hydrogens is 581 g/mol. The number of hydrogen-bond donors (Lipinski definition) is 1. The predicted molar refractivity (Wildman–Crippen MR) is 204 cm³/mol. The Morgan fingerprint density at radius 2 is 1.17 bits per heavy atom. The molecule has 224 valence electrons. The Morgan fingerprint density at radius 3 is 2.02 bits per heavy atom. The van der Waals surface area contributed by atoms with Gasteiger partial charge < -0.3 is 5.32 Å². The second-order valence-corrected chi connectivity index (χ2v) is 12.8. The molecular formula is C46H30N2. The molecule has 1 aromatic heterocycles. The Labute approximate surface area is 279 Å². The molecule has 1 unspecified atom stereocenters. The number of aromatic nitrogens is 1. The zero-order valence-electron chi connectivity index (χ0n) is 26.2. The molecule has 0 aliphatic carbocycles.